The van der Waals surface area contributed by atoms with E-state index in [1.54, 1.807) is 55.1 Å². The molecule has 2 aromatic heterocycles. The third-order valence-corrected chi connectivity index (χ3v) is 9.85. The van der Waals surface area contributed by atoms with Gasteiger partial charge in [0.15, 0.2) is 11.3 Å². The molecule has 200 valence electrons. The highest BCUT2D eigenvalue weighted by Crippen LogP contribution is 2.58. The lowest BCUT2D eigenvalue weighted by Gasteiger charge is -2.56. The third-order valence-electron chi connectivity index (χ3n) is 9.85. The number of carbonyl (C=O) groups is 2. The highest BCUT2D eigenvalue weighted by molar-refractivity contribution is 6.06. The number of ketones is 1. The lowest BCUT2D eigenvalue weighted by Crippen LogP contribution is -2.57. The predicted molar refractivity (Wildman–Crippen MR) is 148 cm³/mol. The molecule has 4 saturated carbocycles. The average Bonchev–Trinajstić information content (AvgIpc) is 3.19. The van der Waals surface area contributed by atoms with E-state index in [9.17, 15) is 10.1 Å². The Morgan fingerprint density at radius 1 is 0.875 bits per heavy atom. The zero-order chi connectivity index (χ0) is 27.4. The maximum Gasteiger partial charge on any atom is 0.263 e. The standard InChI is InChI=1S/C33H31N5O2/c1-37-30(19-29(39)24-4-2-21(20-34)3-5-24)38(31-25-15-22-14-23(17-25)18-26(31)16-22)32(40)33(37,27-6-10-35-11-7-27)28-8-12-36-13-9-28/h2-13,19,22-23,25-26,31H,14-18H2,1H3. The van der Waals surface area contributed by atoms with Crippen molar-refractivity contribution in [2.75, 3.05) is 7.05 Å². The normalized spacial score (nSPS) is 29.1. The zero-order valence-corrected chi connectivity index (χ0v) is 22.5. The second-order valence-electron chi connectivity index (χ2n) is 11.9. The number of aromatic nitrogens is 2. The molecular formula is C33H31N5O2. The van der Waals surface area contributed by atoms with Crippen molar-refractivity contribution in [3.63, 3.8) is 0 Å². The Morgan fingerprint density at radius 3 is 1.90 bits per heavy atom. The maximum atomic E-state index is 15.1. The van der Waals surface area contributed by atoms with Crippen LogP contribution in [0.1, 0.15) is 59.2 Å². The van der Waals surface area contributed by atoms with E-state index in [2.05, 4.69) is 16.0 Å². The fraction of sp³-hybridized carbons (Fsp3) is 0.364. The number of carbonyl (C=O) groups excluding carboxylic acids is 2. The number of pyridine rings is 2. The van der Waals surface area contributed by atoms with Crippen molar-refractivity contribution in [3.05, 3.63) is 107 Å². The van der Waals surface area contributed by atoms with Crippen LogP contribution in [0, 0.1) is 35.0 Å². The van der Waals surface area contributed by atoms with Crippen LogP contribution >= 0.6 is 0 Å². The molecule has 5 aliphatic rings. The summed E-state index contributed by atoms with van der Waals surface area (Å²) >= 11 is 0. The highest BCUT2D eigenvalue weighted by atomic mass is 16.2. The van der Waals surface area contributed by atoms with Crippen LogP contribution in [0.4, 0.5) is 0 Å². The monoisotopic (exact) mass is 529 g/mol. The summed E-state index contributed by atoms with van der Waals surface area (Å²) in [5, 5.41) is 9.21. The SMILES string of the molecule is CN1C(=CC(=O)c2ccc(C#N)cc2)N(C2C3CC4CC(C3)CC2C4)C(=O)C1(c1ccncc1)c1ccncc1. The Morgan fingerprint density at radius 2 is 1.40 bits per heavy atom. The van der Waals surface area contributed by atoms with E-state index in [-0.39, 0.29) is 17.7 Å². The van der Waals surface area contributed by atoms with E-state index >= 15 is 4.79 Å². The number of hydrogen-bond acceptors (Lipinski definition) is 6. The number of nitrogens with zero attached hydrogens (tertiary/aromatic N) is 5. The van der Waals surface area contributed by atoms with Crippen molar-refractivity contribution in [1.82, 2.24) is 19.8 Å². The number of likely N-dealkylation sites (N-methyl/N-ethyl adjacent to an activating group) is 1. The molecule has 8 rings (SSSR count). The van der Waals surface area contributed by atoms with E-state index in [1.165, 1.54) is 6.42 Å². The first-order chi connectivity index (χ1) is 19.5. The number of amides is 1. The van der Waals surface area contributed by atoms with Gasteiger partial charge in [-0.15, -0.1) is 0 Å². The van der Waals surface area contributed by atoms with E-state index in [4.69, 9.17) is 0 Å². The molecule has 4 aliphatic carbocycles. The van der Waals surface area contributed by atoms with Gasteiger partial charge < -0.3 is 4.90 Å². The molecule has 4 bridgehead atoms. The first-order valence-electron chi connectivity index (χ1n) is 14.2. The summed E-state index contributed by atoms with van der Waals surface area (Å²) in [5.74, 6) is 2.81. The van der Waals surface area contributed by atoms with Gasteiger partial charge >= 0.3 is 0 Å². The first-order valence-corrected chi connectivity index (χ1v) is 14.2. The number of rotatable bonds is 5. The van der Waals surface area contributed by atoms with E-state index in [0.717, 1.165) is 48.6 Å². The summed E-state index contributed by atoms with van der Waals surface area (Å²) in [4.78, 5) is 41.3. The smallest absolute Gasteiger partial charge is 0.263 e. The summed E-state index contributed by atoms with van der Waals surface area (Å²) < 4.78 is 0. The second-order valence-corrected chi connectivity index (χ2v) is 11.9. The Hall–Kier alpha value is -4.31. The topological polar surface area (TPSA) is 90.2 Å². The molecule has 1 aliphatic heterocycles. The van der Waals surface area contributed by atoms with Crippen LogP contribution in [0.25, 0.3) is 0 Å². The van der Waals surface area contributed by atoms with Gasteiger partial charge in [-0.3, -0.25) is 24.5 Å². The summed E-state index contributed by atoms with van der Waals surface area (Å²) in [6.45, 7) is 0. The fourth-order valence-electron chi connectivity index (χ4n) is 8.42. The van der Waals surface area contributed by atoms with Gasteiger partial charge in [0.05, 0.1) is 11.6 Å². The van der Waals surface area contributed by atoms with Gasteiger partial charge in [0, 0.05) is 49.5 Å². The van der Waals surface area contributed by atoms with Gasteiger partial charge in [0.25, 0.3) is 5.91 Å². The maximum absolute atomic E-state index is 15.1. The van der Waals surface area contributed by atoms with Crippen molar-refractivity contribution in [2.24, 2.45) is 23.7 Å². The minimum absolute atomic E-state index is 0.0243. The fourth-order valence-corrected chi connectivity index (χ4v) is 8.42. The summed E-state index contributed by atoms with van der Waals surface area (Å²) in [7, 11) is 1.92. The van der Waals surface area contributed by atoms with Crippen LogP contribution < -0.4 is 0 Å². The third kappa shape index (κ3) is 3.62. The first kappa shape index (κ1) is 24.7. The van der Waals surface area contributed by atoms with Crippen LogP contribution in [0.2, 0.25) is 0 Å². The molecule has 1 saturated heterocycles. The summed E-state index contributed by atoms with van der Waals surface area (Å²) in [6, 6.07) is 16.4. The number of allylic oxidation sites excluding steroid dienone is 1. The minimum Gasteiger partial charge on any atom is -0.339 e. The molecule has 0 unspecified atom stereocenters. The van der Waals surface area contributed by atoms with Crippen molar-refractivity contribution in [1.29, 1.82) is 5.26 Å². The molecule has 7 heteroatoms. The van der Waals surface area contributed by atoms with Crippen molar-refractivity contribution in [2.45, 2.75) is 43.7 Å². The molecule has 3 heterocycles. The van der Waals surface area contributed by atoms with Crippen LogP contribution in [-0.2, 0) is 10.3 Å². The molecular weight excluding hydrogens is 498 g/mol. The van der Waals surface area contributed by atoms with Gasteiger partial charge in [-0.25, -0.2) is 0 Å². The van der Waals surface area contributed by atoms with Crippen LogP contribution in [0.5, 0.6) is 0 Å². The van der Waals surface area contributed by atoms with Gasteiger partial charge in [-0.1, -0.05) is 0 Å². The van der Waals surface area contributed by atoms with Crippen LogP contribution in [0.3, 0.4) is 0 Å². The molecule has 40 heavy (non-hydrogen) atoms. The highest BCUT2D eigenvalue weighted by Gasteiger charge is 2.61. The lowest BCUT2D eigenvalue weighted by atomic mass is 9.54. The Bertz CT molecular complexity index is 1460. The molecule has 5 fully saturated rings. The Kier molecular flexibility index (Phi) is 5.81. The summed E-state index contributed by atoms with van der Waals surface area (Å²) in [5.41, 5.74) is 1.45. The van der Waals surface area contributed by atoms with Crippen molar-refractivity contribution in [3.8, 4) is 6.07 Å². The summed E-state index contributed by atoms with van der Waals surface area (Å²) in [6.07, 6.45) is 14.4. The Balaban J connectivity index is 1.41. The molecule has 3 aromatic rings. The number of nitriles is 1. The minimum atomic E-state index is -1.16. The average molecular weight is 530 g/mol. The second kappa shape index (κ2) is 9.41. The lowest BCUT2D eigenvalue weighted by molar-refractivity contribution is -0.140. The van der Waals surface area contributed by atoms with Crippen molar-refractivity contribution < 1.29 is 9.59 Å². The van der Waals surface area contributed by atoms with Gasteiger partial charge in [0.2, 0.25) is 0 Å². The molecule has 0 N–H and O–H groups in total. The molecule has 0 atom stereocenters. The van der Waals surface area contributed by atoms with E-state index < -0.39 is 5.54 Å². The van der Waals surface area contributed by atoms with Crippen LogP contribution in [-0.4, -0.2) is 44.5 Å². The molecule has 0 radical (unpaired) electrons. The van der Waals surface area contributed by atoms with Gasteiger partial charge in [-0.05, 0) is 115 Å². The Labute approximate surface area is 234 Å². The van der Waals surface area contributed by atoms with E-state index in [1.807, 2.05) is 41.1 Å². The molecule has 7 nitrogen and oxygen atoms in total. The van der Waals surface area contributed by atoms with Crippen molar-refractivity contribution >= 4 is 11.7 Å². The van der Waals surface area contributed by atoms with E-state index in [0.29, 0.717) is 28.8 Å². The van der Waals surface area contributed by atoms with Gasteiger partial charge in [0.1, 0.15) is 5.82 Å². The largest absolute Gasteiger partial charge is 0.339 e. The zero-order valence-electron chi connectivity index (χ0n) is 22.5. The number of benzene rings is 1. The molecule has 0 spiro atoms. The molecule has 1 amide bonds. The predicted octanol–water partition coefficient (Wildman–Crippen LogP) is 4.91. The number of hydrogen-bond donors (Lipinski definition) is 0. The molecule has 1 aromatic carbocycles. The van der Waals surface area contributed by atoms with Crippen LogP contribution in [0.15, 0.2) is 85.2 Å². The quantitative estimate of drug-likeness (QED) is 0.344. The van der Waals surface area contributed by atoms with Gasteiger partial charge in [-0.2, -0.15) is 5.26 Å².